The largest absolute Gasteiger partial charge is 0.381 e. The fourth-order valence-electron chi connectivity index (χ4n) is 3.85. The van der Waals surface area contributed by atoms with E-state index in [1.54, 1.807) is 18.2 Å². The predicted molar refractivity (Wildman–Crippen MR) is 107 cm³/mol. The van der Waals surface area contributed by atoms with Crippen LogP contribution >= 0.6 is 0 Å². The molecule has 3 nitrogen and oxygen atoms in total. The molecule has 0 heterocycles. The van der Waals surface area contributed by atoms with E-state index >= 15 is 0 Å². The van der Waals surface area contributed by atoms with Crippen LogP contribution in [0.5, 0.6) is 0 Å². The molecule has 3 aliphatic rings. The van der Waals surface area contributed by atoms with E-state index in [1.165, 1.54) is 0 Å². The molecule has 0 saturated heterocycles. The number of hydrogen-bond donors (Lipinski definition) is 3. The predicted octanol–water partition coefficient (Wildman–Crippen LogP) is 3.80. The second-order valence-electron chi connectivity index (χ2n) is 7.55. The quantitative estimate of drug-likeness (QED) is 0.768. The molecule has 3 atom stereocenters. The number of rotatable bonds is 3. The van der Waals surface area contributed by atoms with Crippen molar-refractivity contribution in [3.8, 4) is 0 Å². The molecule has 0 aromatic heterocycles. The summed E-state index contributed by atoms with van der Waals surface area (Å²) >= 11 is 0. The third-order valence-corrected chi connectivity index (χ3v) is 5.58. The molecule has 4 rings (SSSR count). The first-order chi connectivity index (χ1) is 12.9. The van der Waals surface area contributed by atoms with Crippen molar-refractivity contribution in [2.75, 3.05) is 0 Å². The highest BCUT2D eigenvalue weighted by molar-refractivity contribution is 5.46. The van der Waals surface area contributed by atoms with Crippen molar-refractivity contribution >= 4 is 0 Å². The standard InChI is InChI=1S/C24H24O3/c25-22(10-4-1-5-11-22)19-16-20(23(26)12-6-2-7-13-23)18-21(17-19)24(27)14-8-3-9-15-24/h1-10,12,14,16-18,25-27H,11,13,15H2. The van der Waals surface area contributed by atoms with E-state index in [9.17, 15) is 15.3 Å². The number of benzene rings is 1. The summed E-state index contributed by atoms with van der Waals surface area (Å²) in [6.07, 6.45) is 23.6. The van der Waals surface area contributed by atoms with Gasteiger partial charge in [0, 0.05) is 19.3 Å². The molecular formula is C24H24O3. The normalized spacial score (nSPS) is 34.3. The summed E-state index contributed by atoms with van der Waals surface area (Å²) in [6, 6.07) is 5.55. The molecule has 0 saturated carbocycles. The summed E-state index contributed by atoms with van der Waals surface area (Å²) in [6.45, 7) is 0. The fourth-order valence-corrected chi connectivity index (χ4v) is 3.85. The van der Waals surface area contributed by atoms with Gasteiger partial charge in [-0.05, 0) is 53.1 Å². The molecule has 1 aromatic rings. The number of hydrogen-bond acceptors (Lipinski definition) is 3. The van der Waals surface area contributed by atoms with Crippen molar-refractivity contribution in [3.63, 3.8) is 0 Å². The molecule has 3 heteroatoms. The van der Waals surface area contributed by atoms with Gasteiger partial charge in [0.1, 0.15) is 16.8 Å². The van der Waals surface area contributed by atoms with E-state index in [-0.39, 0.29) is 0 Å². The Morgan fingerprint density at radius 3 is 1.00 bits per heavy atom. The van der Waals surface area contributed by atoms with Gasteiger partial charge in [0.2, 0.25) is 0 Å². The van der Waals surface area contributed by atoms with Gasteiger partial charge < -0.3 is 15.3 Å². The summed E-state index contributed by atoms with van der Waals surface area (Å²) < 4.78 is 0. The highest BCUT2D eigenvalue weighted by Crippen LogP contribution is 2.40. The smallest absolute Gasteiger partial charge is 0.111 e. The minimum atomic E-state index is -1.16. The van der Waals surface area contributed by atoms with Crippen LogP contribution in [0.4, 0.5) is 0 Å². The average Bonchev–Trinajstić information content (AvgIpc) is 2.69. The van der Waals surface area contributed by atoms with Crippen LogP contribution in [0, 0.1) is 0 Å². The fraction of sp³-hybridized carbons (Fsp3) is 0.250. The van der Waals surface area contributed by atoms with E-state index in [1.807, 2.05) is 72.9 Å². The first kappa shape index (κ1) is 17.9. The zero-order valence-electron chi connectivity index (χ0n) is 15.1. The molecule has 3 aliphatic carbocycles. The molecule has 0 amide bonds. The lowest BCUT2D eigenvalue weighted by Gasteiger charge is -2.34. The molecule has 0 aliphatic heterocycles. The summed E-state index contributed by atoms with van der Waals surface area (Å²) in [4.78, 5) is 0. The van der Waals surface area contributed by atoms with Gasteiger partial charge in [-0.25, -0.2) is 0 Å². The van der Waals surface area contributed by atoms with E-state index in [4.69, 9.17) is 0 Å². The second-order valence-corrected chi connectivity index (χ2v) is 7.55. The van der Waals surface area contributed by atoms with Crippen molar-refractivity contribution in [1.29, 1.82) is 0 Å². The zero-order valence-corrected chi connectivity index (χ0v) is 15.1. The third kappa shape index (κ3) is 3.30. The van der Waals surface area contributed by atoms with Gasteiger partial charge in [0.05, 0.1) is 0 Å². The number of allylic oxidation sites excluding steroid dienone is 6. The van der Waals surface area contributed by atoms with Crippen LogP contribution in [0.15, 0.2) is 91.1 Å². The van der Waals surface area contributed by atoms with Crippen molar-refractivity contribution in [2.45, 2.75) is 36.1 Å². The molecule has 0 bridgehead atoms. The Balaban J connectivity index is 1.87. The minimum absolute atomic E-state index is 0.453. The topological polar surface area (TPSA) is 60.7 Å². The van der Waals surface area contributed by atoms with Gasteiger partial charge in [-0.1, -0.05) is 54.7 Å². The van der Waals surface area contributed by atoms with Crippen molar-refractivity contribution < 1.29 is 15.3 Å². The highest BCUT2D eigenvalue weighted by atomic mass is 16.3. The maximum atomic E-state index is 11.2. The maximum absolute atomic E-state index is 11.2. The maximum Gasteiger partial charge on any atom is 0.111 e. The highest BCUT2D eigenvalue weighted by Gasteiger charge is 2.35. The SMILES string of the molecule is OC1(c2cc(C3(O)C=CC=CC3)cc(C3(O)C=CC=CC3)c2)C=CC=CC1. The van der Waals surface area contributed by atoms with Crippen molar-refractivity contribution in [3.05, 3.63) is 108 Å². The molecular weight excluding hydrogens is 336 g/mol. The van der Waals surface area contributed by atoms with Crippen LogP contribution in [-0.2, 0) is 16.8 Å². The van der Waals surface area contributed by atoms with E-state index in [0.717, 1.165) is 0 Å². The Bertz CT molecular complexity index is 786. The van der Waals surface area contributed by atoms with Crippen LogP contribution in [0.25, 0.3) is 0 Å². The Morgan fingerprint density at radius 2 is 0.778 bits per heavy atom. The van der Waals surface area contributed by atoms with Crippen LogP contribution in [0.1, 0.15) is 36.0 Å². The molecule has 3 N–H and O–H groups in total. The van der Waals surface area contributed by atoms with Gasteiger partial charge >= 0.3 is 0 Å². The van der Waals surface area contributed by atoms with E-state index in [0.29, 0.717) is 36.0 Å². The molecule has 0 spiro atoms. The van der Waals surface area contributed by atoms with Gasteiger partial charge in [-0.2, -0.15) is 0 Å². The molecule has 3 unspecified atom stereocenters. The van der Waals surface area contributed by atoms with E-state index in [2.05, 4.69) is 0 Å². The lowest BCUT2D eigenvalue weighted by atomic mass is 9.77. The molecule has 27 heavy (non-hydrogen) atoms. The summed E-state index contributed by atoms with van der Waals surface area (Å²) in [5.41, 5.74) is -1.46. The molecule has 0 radical (unpaired) electrons. The first-order valence-electron chi connectivity index (χ1n) is 9.30. The van der Waals surface area contributed by atoms with Gasteiger partial charge in [0.25, 0.3) is 0 Å². The zero-order chi connectivity index (χ0) is 19.0. The Hall–Kier alpha value is -2.46. The minimum Gasteiger partial charge on any atom is -0.381 e. The summed E-state index contributed by atoms with van der Waals surface area (Å²) in [5, 5.41) is 33.6. The monoisotopic (exact) mass is 360 g/mol. The summed E-state index contributed by atoms with van der Waals surface area (Å²) in [7, 11) is 0. The van der Waals surface area contributed by atoms with Crippen LogP contribution in [0.2, 0.25) is 0 Å². The number of aliphatic hydroxyl groups is 3. The summed E-state index contributed by atoms with van der Waals surface area (Å²) in [5.74, 6) is 0. The Labute approximate surface area is 159 Å². The third-order valence-electron chi connectivity index (χ3n) is 5.58. The molecule has 0 fully saturated rings. The van der Waals surface area contributed by atoms with Crippen molar-refractivity contribution in [1.82, 2.24) is 0 Å². The van der Waals surface area contributed by atoms with Crippen LogP contribution in [-0.4, -0.2) is 15.3 Å². The Morgan fingerprint density at radius 1 is 0.481 bits per heavy atom. The first-order valence-corrected chi connectivity index (χ1v) is 9.30. The van der Waals surface area contributed by atoms with Crippen LogP contribution in [0.3, 0.4) is 0 Å². The lowest BCUT2D eigenvalue weighted by Crippen LogP contribution is -2.30. The second kappa shape index (κ2) is 6.61. The van der Waals surface area contributed by atoms with Crippen LogP contribution < -0.4 is 0 Å². The molecule has 138 valence electrons. The Kier molecular flexibility index (Phi) is 4.39. The van der Waals surface area contributed by atoms with Gasteiger partial charge in [-0.15, -0.1) is 0 Å². The van der Waals surface area contributed by atoms with E-state index < -0.39 is 16.8 Å². The van der Waals surface area contributed by atoms with Gasteiger partial charge in [0.15, 0.2) is 0 Å². The van der Waals surface area contributed by atoms with Gasteiger partial charge in [-0.3, -0.25) is 0 Å². The van der Waals surface area contributed by atoms with Crippen molar-refractivity contribution in [2.24, 2.45) is 0 Å². The lowest BCUT2D eigenvalue weighted by molar-refractivity contribution is 0.0779. The average molecular weight is 360 g/mol. The molecule has 1 aromatic carbocycles.